The Hall–Kier alpha value is -3.11. The Bertz CT molecular complexity index is 1360. The number of aryl methyl sites for hydroxylation is 1. The number of anilines is 2. The van der Waals surface area contributed by atoms with Crippen LogP contribution in [0.1, 0.15) is 28.1 Å². The molecule has 0 radical (unpaired) electrons. The average molecular weight is 477 g/mol. The molecule has 1 amide bonds. The Morgan fingerprint density at radius 1 is 1.32 bits per heavy atom. The minimum Gasteiger partial charge on any atom is -0.480 e. The van der Waals surface area contributed by atoms with Crippen LogP contribution in [0.4, 0.5) is 11.5 Å². The molecule has 3 aromatic heterocycles. The molecule has 0 aromatic carbocycles. The fourth-order valence-electron chi connectivity index (χ4n) is 5.56. The second-order valence-electron chi connectivity index (χ2n) is 9.71. The minimum atomic E-state index is 0.0450. The van der Waals surface area contributed by atoms with E-state index in [1.165, 1.54) is 10.4 Å². The Kier molecular flexibility index (Phi) is 4.44. The maximum Gasteiger partial charge on any atom is 0.237 e. The van der Waals surface area contributed by atoms with Crippen molar-refractivity contribution in [3.8, 4) is 5.88 Å². The maximum absolute atomic E-state index is 13.1. The van der Waals surface area contributed by atoms with E-state index >= 15 is 0 Å². The van der Waals surface area contributed by atoms with Gasteiger partial charge < -0.3 is 19.7 Å². The van der Waals surface area contributed by atoms with Crippen LogP contribution >= 0.6 is 11.3 Å². The molecule has 2 saturated heterocycles. The summed E-state index contributed by atoms with van der Waals surface area (Å²) in [6.45, 7) is 3.88. The van der Waals surface area contributed by atoms with Crippen LogP contribution in [0.15, 0.2) is 17.4 Å². The van der Waals surface area contributed by atoms with Crippen molar-refractivity contribution in [3.05, 3.63) is 34.1 Å². The summed E-state index contributed by atoms with van der Waals surface area (Å²) in [4.78, 5) is 35.4. The lowest BCUT2D eigenvalue weighted by Gasteiger charge is -2.55. The largest absolute Gasteiger partial charge is 0.480 e. The summed E-state index contributed by atoms with van der Waals surface area (Å²) >= 11 is 1.68. The Labute approximate surface area is 200 Å². The summed E-state index contributed by atoms with van der Waals surface area (Å²) in [7, 11) is 1.62. The van der Waals surface area contributed by atoms with Crippen LogP contribution in [0.2, 0.25) is 0 Å². The van der Waals surface area contributed by atoms with Crippen LogP contribution in [0.3, 0.4) is 0 Å². The number of fused-ring (bicyclic) bond motifs is 4. The summed E-state index contributed by atoms with van der Waals surface area (Å²) in [6.07, 6.45) is 5.90. The number of pyridine rings is 1. The van der Waals surface area contributed by atoms with Crippen molar-refractivity contribution in [2.45, 2.75) is 25.8 Å². The van der Waals surface area contributed by atoms with Gasteiger partial charge in [-0.1, -0.05) is 0 Å². The number of likely N-dealkylation sites (tertiary alicyclic amines) is 1. The van der Waals surface area contributed by atoms with E-state index in [-0.39, 0.29) is 11.3 Å². The number of aliphatic imine (C=N–C) groups is 1. The molecule has 0 bridgehead atoms. The Balaban J connectivity index is 1.17. The fraction of sp³-hybridized carbons (Fsp3) is 0.458. The lowest BCUT2D eigenvalue weighted by Crippen LogP contribution is -2.68. The number of rotatable bonds is 4. The van der Waals surface area contributed by atoms with E-state index in [9.17, 15) is 4.79 Å². The first-order chi connectivity index (χ1) is 16.6. The first kappa shape index (κ1) is 20.3. The molecule has 6 heterocycles. The number of hydrogen-bond acceptors (Lipinski definition) is 9. The number of carbonyl (C=O) groups is 1. The molecule has 9 nitrogen and oxygen atoms in total. The Morgan fingerprint density at radius 2 is 2.21 bits per heavy atom. The molecule has 3 aromatic rings. The molecule has 7 rings (SSSR count). The zero-order chi connectivity index (χ0) is 22.9. The summed E-state index contributed by atoms with van der Waals surface area (Å²) in [5.41, 5.74) is 4.17. The third kappa shape index (κ3) is 3.05. The van der Waals surface area contributed by atoms with E-state index in [1.807, 2.05) is 17.2 Å². The number of nitrogens with zero attached hydrogens (tertiary/aromatic N) is 5. The molecule has 3 aliphatic heterocycles. The number of thiophene rings is 1. The molecule has 1 N–H and O–H groups in total. The van der Waals surface area contributed by atoms with E-state index < -0.39 is 0 Å². The van der Waals surface area contributed by atoms with Gasteiger partial charge in [-0.15, -0.1) is 11.3 Å². The van der Waals surface area contributed by atoms with Crippen molar-refractivity contribution in [1.29, 1.82) is 0 Å². The number of methoxy groups -OCH3 is 1. The van der Waals surface area contributed by atoms with Gasteiger partial charge in [0.15, 0.2) is 0 Å². The van der Waals surface area contributed by atoms with Gasteiger partial charge in [0.1, 0.15) is 22.7 Å². The highest BCUT2D eigenvalue weighted by Gasteiger charge is 2.51. The second kappa shape index (κ2) is 7.44. The average Bonchev–Trinajstić information content (AvgIpc) is 3.40. The van der Waals surface area contributed by atoms with E-state index in [2.05, 4.69) is 25.3 Å². The van der Waals surface area contributed by atoms with Crippen LogP contribution in [0, 0.1) is 11.3 Å². The fourth-order valence-corrected chi connectivity index (χ4v) is 6.82. The molecule has 174 valence electrons. The van der Waals surface area contributed by atoms with Gasteiger partial charge in [-0.25, -0.2) is 15.0 Å². The topological polar surface area (TPSA) is 102 Å². The van der Waals surface area contributed by atoms with Gasteiger partial charge in [-0.3, -0.25) is 9.79 Å². The lowest BCUT2D eigenvalue weighted by molar-refractivity contribution is -0.197. The van der Waals surface area contributed by atoms with E-state index in [1.54, 1.807) is 24.8 Å². The maximum atomic E-state index is 13.1. The van der Waals surface area contributed by atoms with Crippen molar-refractivity contribution in [2.24, 2.45) is 16.3 Å². The summed E-state index contributed by atoms with van der Waals surface area (Å²) < 4.78 is 10.9. The zero-order valence-electron chi connectivity index (χ0n) is 18.8. The molecular formula is C24H24N6O3S. The third-order valence-corrected chi connectivity index (χ3v) is 8.56. The molecule has 0 saturated carbocycles. The summed E-state index contributed by atoms with van der Waals surface area (Å²) in [5.74, 6) is 1.61. The molecule has 4 aliphatic rings. The second-order valence-corrected chi connectivity index (χ2v) is 10.8. The molecule has 10 heteroatoms. The highest BCUT2D eigenvalue weighted by atomic mass is 32.1. The van der Waals surface area contributed by atoms with Gasteiger partial charge in [0, 0.05) is 35.7 Å². The monoisotopic (exact) mass is 476 g/mol. The predicted octanol–water partition coefficient (Wildman–Crippen LogP) is 2.73. The molecular weight excluding hydrogens is 452 g/mol. The SMILES string of the molecule is COc1nc2c(cc1Nc1ncnc3sc4c(c13)CC[C@H](C(=O)N1CC3(COC3)C1)C4)C=NC2. The van der Waals surface area contributed by atoms with Crippen molar-refractivity contribution in [2.75, 3.05) is 38.7 Å². The predicted molar refractivity (Wildman–Crippen MR) is 128 cm³/mol. The highest BCUT2D eigenvalue weighted by Crippen LogP contribution is 2.43. The highest BCUT2D eigenvalue weighted by molar-refractivity contribution is 7.19. The first-order valence-electron chi connectivity index (χ1n) is 11.6. The number of nitrogens with one attached hydrogen (secondary N) is 1. The zero-order valence-corrected chi connectivity index (χ0v) is 19.7. The van der Waals surface area contributed by atoms with Crippen LogP contribution in [0.25, 0.3) is 10.2 Å². The van der Waals surface area contributed by atoms with E-state index in [4.69, 9.17) is 9.47 Å². The number of ether oxygens (including phenoxy) is 2. The number of hydrogen-bond donors (Lipinski definition) is 1. The molecule has 34 heavy (non-hydrogen) atoms. The van der Waals surface area contributed by atoms with Crippen molar-refractivity contribution in [3.63, 3.8) is 0 Å². The van der Waals surface area contributed by atoms with Gasteiger partial charge in [0.25, 0.3) is 0 Å². The van der Waals surface area contributed by atoms with Crippen LogP contribution in [0.5, 0.6) is 5.88 Å². The quantitative estimate of drug-likeness (QED) is 0.618. The lowest BCUT2D eigenvalue weighted by atomic mass is 9.76. The van der Waals surface area contributed by atoms with Crippen LogP contribution < -0.4 is 10.1 Å². The van der Waals surface area contributed by atoms with Gasteiger partial charge in [-0.2, -0.15) is 0 Å². The van der Waals surface area contributed by atoms with Gasteiger partial charge in [0.05, 0.1) is 43.4 Å². The van der Waals surface area contributed by atoms with Crippen LogP contribution in [-0.4, -0.2) is 65.4 Å². The van der Waals surface area contributed by atoms with Crippen LogP contribution in [-0.2, 0) is 28.9 Å². The summed E-state index contributed by atoms with van der Waals surface area (Å²) in [6, 6.07) is 2.01. The molecule has 1 atom stereocenters. The number of aromatic nitrogens is 3. The Morgan fingerprint density at radius 3 is 3.00 bits per heavy atom. The van der Waals surface area contributed by atoms with Gasteiger partial charge in [-0.05, 0) is 30.9 Å². The van der Waals surface area contributed by atoms with Crippen molar-refractivity contribution >= 4 is 45.2 Å². The standard InChI is InChI=1S/C24H24N6O3S/c1-32-21-16(4-14-6-25-7-17(14)29-21)28-20-19-15-3-2-13(5-18(15)34-22(19)27-12-26-20)23(31)30-8-24(9-30)10-33-11-24/h4,6,12-13H,2-3,5,7-11H2,1H3,(H,26,27,28)/t13-/m0/s1. The van der Waals surface area contributed by atoms with Crippen molar-refractivity contribution < 1.29 is 14.3 Å². The van der Waals surface area contributed by atoms with Gasteiger partial charge in [0.2, 0.25) is 11.8 Å². The smallest absolute Gasteiger partial charge is 0.237 e. The van der Waals surface area contributed by atoms with Crippen molar-refractivity contribution in [1.82, 2.24) is 19.9 Å². The molecule has 2 fully saturated rings. The summed E-state index contributed by atoms with van der Waals surface area (Å²) in [5, 5.41) is 4.48. The number of amides is 1. The number of carbonyl (C=O) groups excluding carboxylic acids is 1. The third-order valence-electron chi connectivity index (χ3n) is 7.39. The molecule has 0 unspecified atom stereocenters. The van der Waals surface area contributed by atoms with Gasteiger partial charge >= 0.3 is 0 Å². The minimum absolute atomic E-state index is 0.0450. The first-order valence-corrected chi connectivity index (χ1v) is 12.4. The van der Waals surface area contributed by atoms with E-state index in [0.29, 0.717) is 18.3 Å². The normalized spacial score (nSPS) is 21.7. The van der Waals surface area contributed by atoms with E-state index in [0.717, 1.165) is 78.5 Å². The molecule has 1 spiro atoms. The molecule has 1 aliphatic carbocycles.